The lowest BCUT2D eigenvalue weighted by Crippen LogP contribution is -2.12. The van der Waals surface area contributed by atoms with Crippen LogP contribution in [0.5, 0.6) is 0 Å². The second-order valence-corrected chi connectivity index (χ2v) is 4.81. The van der Waals surface area contributed by atoms with Crippen LogP contribution in [-0.2, 0) is 9.53 Å². The van der Waals surface area contributed by atoms with E-state index in [0.29, 0.717) is 12.3 Å². The Morgan fingerprint density at radius 2 is 2.35 bits per heavy atom. The summed E-state index contributed by atoms with van der Waals surface area (Å²) < 4.78 is 4.66. The zero-order valence-corrected chi connectivity index (χ0v) is 11.2. The zero-order chi connectivity index (χ0) is 14.5. The van der Waals surface area contributed by atoms with Crippen molar-refractivity contribution in [3.05, 3.63) is 40.2 Å². The Balaban J connectivity index is 2.01. The first-order valence-corrected chi connectivity index (χ1v) is 6.47. The summed E-state index contributed by atoms with van der Waals surface area (Å²) in [5, 5.41) is 10.6. The summed E-state index contributed by atoms with van der Waals surface area (Å²) in [6.07, 6.45) is 6.31. The third-order valence-corrected chi connectivity index (χ3v) is 3.49. The molecule has 0 aromatic carbocycles. The van der Waals surface area contributed by atoms with E-state index in [1.807, 2.05) is 0 Å². The van der Waals surface area contributed by atoms with Gasteiger partial charge in [-0.1, -0.05) is 6.08 Å². The Labute approximate surface area is 116 Å². The number of nitrogens with zero attached hydrogens (tertiary/aromatic N) is 2. The highest BCUT2D eigenvalue weighted by Crippen LogP contribution is 2.31. The molecule has 1 aliphatic carbocycles. The molecule has 1 heterocycles. The fourth-order valence-corrected chi connectivity index (χ4v) is 2.31. The average Bonchev–Trinajstić information content (AvgIpc) is 2.48. The van der Waals surface area contributed by atoms with Crippen LogP contribution in [0.2, 0.25) is 0 Å². The van der Waals surface area contributed by atoms with Crippen LogP contribution in [0.4, 0.5) is 5.69 Å². The fourth-order valence-electron chi connectivity index (χ4n) is 2.31. The molecule has 1 aromatic rings. The molecule has 0 N–H and O–H groups in total. The Kier molecular flexibility index (Phi) is 4.45. The molecule has 1 aliphatic rings. The number of hydrogen-bond donors (Lipinski definition) is 0. The standard InChI is InChI=1S/C14H16N2O4/c1-20-14(17)8-10-2-4-11(5-3-10)13-7-6-12(9-15-13)16(18)19/h4,6-7,9-10H,2-3,5,8H2,1H3. The number of methoxy groups -OCH3 is 1. The van der Waals surface area contributed by atoms with E-state index in [2.05, 4.69) is 15.8 Å². The van der Waals surface area contributed by atoms with Gasteiger partial charge < -0.3 is 4.74 Å². The van der Waals surface area contributed by atoms with Gasteiger partial charge in [0.2, 0.25) is 0 Å². The minimum absolute atomic E-state index is 0.00581. The van der Waals surface area contributed by atoms with Crippen LogP contribution in [0.3, 0.4) is 0 Å². The quantitative estimate of drug-likeness (QED) is 0.479. The van der Waals surface area contributed by atoms with Crippen molar-refractivity contribution in [3.63, 3.8) is 0 Å². The zero-order valence-electron chi connectivity index (χ0n) is 11.2. The van der Waals surface area contributed by atoms with E-state index in [0.717, 1.165) is 30.5 Å². The Bertz CT molecular complexity index is 537. The number of ether oxygens (including phenoxy) is 1. The Morgan fingerprint density at radius 1 is 1.55 bits per heavy atom. The Morgan fingerprint density at radius 3 is 2.85 bits per heavy atom. The SMILES string of the molecule is COC(=O)CC1CC=C(c2ccc([N+](=O)[O-])cn2)CC1. The van der Waals surface area contributed by atoms with Crippen LogP contribution in [0, 0.1) is 16.0 Å². The van der Waals surface area contributed by atoms with E-state index >= 15 is 0 Å². The predicted molar refractivity (Wildman–Crippen MR) is 72.8 cm³/mol. The van der Waals surface area contributed by atoms with Crippen molar-refractivity contribution in [1.82, 2.24) is 4.98 Å². The second-order valence-electron chi connectivity index (χ2n) is 4.81. The lowest BCUT2D eigenvalue weighted by atomic mass is 9.86. The first-order chi connectivity index (χ1) is 9.60. The molecule has 6 nitrogen and oxygen atoms in total. The molecule has 2 rings (SSSR count). The predicted octanol–water partition coefficient (Wildman–Crippen LogP) is 2.74. The monoisotopic (exact) mass is 276 g/mol. The fraction of sp³-hybridized carbons (Fsp3) is 0.429. The van der Waals surface area contributed by atoms with E-state index in [1.54, 1.807) is 6.07 Å². The van der Waals surface area contributed by atoms with Crippen molar-refractivity contribution in [2.45, 2.75) is 25.7 Å². The second kappa shape index (κ2) is 6.27. The molecule has 0 bridgehead atoms. The minimum Gasteiger partial charge on any atom is -0.469 e. The van der Waals surface area contributed by atoms with E-state index < -0.39 is 4.92 Å². The van der Waals surface area contributed by atoms with Crippen LogP contribution in [0.25, 0.3) is 5.57 Å². The summed E-state index contributed by atoms with van der Waals surface area (Å²) in [6.45, 7) is 0. The maximum Gasteiger partial charge on any atom is 0.305 e. The van der Waals surface area contributed by atoms with Gasteiger partial charge in [-0.05, 0) is 36.8 Å². The molecule has 0 saturated carbocycles. The number of allylic oxidation sites excluding steroid dienone is 2. The van der Waals surface area contributed by atoms with Crippen LogP contribution >= 0.6 is 0 Å². The third kappa shape index (κ3) is 3.40. The molecule has 0 radical (unpaired) electrons. The highest BCUT2D eigenvalue weighted by atomic mass is 16.6. The minimum atomic E-state index is -0.460. The van der Waals surface area contributed by atoms with Crippen LogP contribution in [0.15, 0.2) is 24.4 Å². The topological polar surface area (TPSA) is 82.3 Å². The number of esters is 1. The molecule has 0 aliphatic heterocycles. The summed E-state index contributed by atoms with van der Waals surface area (Å²) in [6, 6.07) is 3.13. The van der Waals surface area contributed by atoms with Gasteiger partial charge >= 0.3 is 5.97 Å². The normalized spacial score (nSPS) is 18.2. The number of rotatable bonds is 4. The summed E-state index contributed by atoms with van der Waals surface area (Å²) in [5.74, 6) is 0.129. The number of nitro groups is 1. The largest absolute Gasteiger partial charge is 0.469 e. The van der Waals surface area contributed by atoms with E-state index in [4.69, 9.17) is 0 Å². The summed E-state index contributed by atoms with van der Waals surface area (Å²) in [7, 11) is 1.40. The molecule has 0 spiro atoms. The molecular weight excluding hydrogens is 260 g/mol. The first kappa shape index (κ1) is 14.2. The van der Waals surface area contributed by atoms with E-state index in [-0.39, 0.29) is 11.7 Å². The van der Waals surface area contributed by atoms with Crippen LogP contribution in [-0.4, -0.2) is 23.0 Å². The summed E-state index contributed by atoms with van der Waals surface area (Å²) in [4.78, 5) is 25.4. The van der Waals surface area contributed by atoms with Gasteiger partial charge in [-0.2, -0.15) is 0 Å². The van der Waals surface area contributed by atoms with Gasteiger partial charge in [0.15, 0.2) is 0 Å². The molecule has 1 aromatic heterocycles. The van der Waals surface area contributed by atoms with Gasteiger partial charge in [0.05, 0.1) is 17.7 Å². The molecule has 1 atom stereocenters. The highest BCUT2D eigenvalue weighted by Gasteiger charge is 2.19. The van der Waals surface area contributed by atoms with Crippen LogP contribution < -0.4 is 0 Å². The third-order valence-electron chi connectivity index (χ3n) is 3.49. The number of pyridine rings is 1. The summed E-state index contributed by atoms with van der Waals surface area (Å²) >= 11 is 0. The van der Waals surface area contributed by atoms with Gasteiger partial charge in [-0.15, -0.1) is 0 Å². The number of aromatic nitrogens is 1. The van der Waals surface area contributed by atoms with Gasteiger partial charge in [-0.3, -0.25) is 14.9 Å². The van der Waals surface area contributed by atoms with Gasteiger partial charge in [0, 0.05) is 12.5 Å². The van der Waals surface area contributed by atoms with Crippen molar-refractivity contribution in [3.8, 4) is 0 Å². The Hall–Kier alpha value is -2.24. The lowest BCUT2D eigenvalue weighted by Gasteiger charge is -2.20. The summed E-state index contributed by atoms with van der Waals surface area (Å²) in [5.41, 5.74) is 1.85. The number of carbonyl (C=O) groups excluding carboxylic acids is 1. The van der Waals surface area contributed by atoms with Crippen molar-refractivity contribution >= 4 is 17.2 Å². The molecule has 106 valence electrons. The smallest absolute Gasteiger partial charge is 0.305 e. The van der Waals surface area contributed by atoms with E-state index in [1.165, 1.54) is 19.4 Å². The van der Waals surface area contributed by atoms with E-state index in [9.17, 15) is 14.9 Å². The van der Waals surface area contributed by atoms with Gasteiger partial charge in [0.1, 0.15) is 6.20 Å². The molecule has 0 fully saturated rings. The molecule has 1 unspecified atom stereocenters. The number of carbonyl (C=O) groups is 1. The molecule has 0 saturated heterocycles. The van der Waals surface area contributed by atoms with Crippen molar-refractivity contribution in [2.24, 2.45) is 5.92 Å². The average molecular weight is 276 g/mol. The highest BCUT2D eigenvalue weighted by molar-refractivity contribution is 5.70. The van der Waals surface area contributed by atoms with Crippen molar-refractivity contribution in [2.75, 3.05) is 7.11 Å². The maximum atomic E-state index is 11.2. The van der Waals surface area contributed by atoms with Crippen LogP contribution in [0.1, 0.15) is 31.4 Å². The van der Waals surface area contributed by atoms with Gasteiger partial charge in [0.25, 0.3) is 5.69 Å². The maximum absolute atomic E-state index is 11.2. The molecule has 20 heavy (non-hydrogen) atoms. The number of hydrogen-bond acceptors (Lipinski definition) is 5. The first-order valence-electron chi connectivity index (χ1n) is 6.47. The molecule has 0 amide bonds. The molecule has 6 heteroatoms. The van der Waals surface area contributed by atoms with Crippen molar-refractivity contribution < 1.29 is 14.5 Å². The van der Waals surface area contributed by atoms with Crippen molar-refractivity contribution in [1.29, 1.82) is 0 Å². The molecular formula is C14H16N2O4. The lowest BCUT2D eigenvalue weighted by molar-refractivity contribution is -0.385. The van der Waals surface area contributed by atoms with Gasteiger partial charge in [-0.25, -0.2) is 4.98 Å².